The summed E-state index contributed by atoms with van der Waals surface area (Å²) in [5.41, 5.74) is 1.91. The van der Waals surface area contributed by atoms with Crippen LogP contribution in [0.25, 0.3) is 11.4 Å². The van der Waals surface area contributed by atoms with Gasteiger partial charge in [-0.3, -0.25) is 0 Å². The highest BCUT2D eigenvalue weighted by atomic mass is 16.5. The fraction of sp³-hybridized carbons (Fsp3) is 0.231. The van der Waals surface area contributed by atoms with Gasteiger partial charge in [-0.25, -0.2) is 9.97 Å². The van der Waals surface area contributed by atoms with Gasteiger partial charge in [0, 0.05) is 18.8 Å². The Kier molecular flexibility index (Phi) is 3.23. The second kappa shape index (κ2) is 4.82. The first-order valence-electron chi connectivity index (χ1n) is 5.41. The Labute approximate surface area is 101 Å². The second-order valence-electron chi connectivity index (χ2n) is 3.68. The van der Waals surface area contributed by atoms with Crippen LogP contribution in [0.1, 0.15) is 5.56 Å². The molecule has 0 aliphatic carbocycles. The molecule has 0 aliphatic rings. The Morgan fingerprint density at radius 3 is 2.71 bits per heavy atom. The quantitative estimate of drug-likeness (QED) is 0.878. The Hall–Kier alpha value is -2.10. The van der Waals surface area contributed by atoms with E-state index in [1.807, 2.05) is 38.2 Å². The maximum atomic E-state index is 5.30. The minimum Gasteiger partial charge on any atom is -0.496 e. The predicted molar refractivity (Wildman–Crippen MR) is 68.3 cm³/mol. The molecular formula is C13H15N3O. The first kappa shape index (κ1) is 11.4. The summed E-state index contributed by atoms with van der Waals surface area (Å²) in [5, 5.41) is 3.05. The van der Waals surface area contributed by atoms with Crippen LogP contribution >= 0.6 is 0 Å². The molecule has 4 nitrogen and oxygen atoms in total. The van der Waals surface area contributed by atoms with Crippen LogP contribution < -0.4 is 10.1 Å². The molecular weight excluding hydrogens is 214 g/mol. The van der Waals surface area contributed by atoms with E-state index in [2.05, 4.69) is 15.3 Å². The third kappa shape index (κ3) is 2.20. The van der Waals surface area contributed by atoms with Gasteiger partial charge in [-0.15, -0.1) is 0 Å². The van der Waals surface area contributed by atoms with Gasteiger partial charge in [0.25, 0.3) is 0 Å². The molecule has 2 rings (SSSR count). The van der Waals surface area contributed by atoms with Gasteiger partial charge in [0.15, 0.2) is 5.82 Å². The number of aromatic nitrogens is 2. The number of rotatable bonds is 3. The number of nitrogens with zero attached hydrogens (tertiary/aromatic N) is 2. The van der Waals surface area contributed by atoms with Gasteiger partial charge in [-0.05, 0) is 19.1 Å². The molecule has 0 saturated heterocycles. The van der Waals surface area contributed by atoms with Crippen LogP contribution in [-0.2, 0) is 0 Å². The zero-order valence-electron chi connectivity index (χ0n) is 10.2. The van der Waals surface area contributed by atoms with Gasteiger partial charge in [-0.2, -0.15) is 0 Å². The molecule has 17 heavy (non-hydrogen) atoms. The minimum absolute atomic E-state index is 0.664. The number of aryl methyl sites for hydroxylation is 1. The number of benzene rings is 1. The molecule has 0 spiro atoms. The van der Waals surface area contributed by atoms with Gasteiger partial charge in [0.2, 0.25) is 0 Å². The second-order valence-corrected chi connectivity index (χ2v) is 3.68. The number of anilines is 1. The molecule has 0 atom stereocenters. The first-order valence-corrected chi connectivity index (χ1v) is 5.41. The van der Waals surface area contributed by atoms with Crippen molar-refractivity contribution in [3.63, 3.8) is 0 Å². The van der Waals surface area contributed by atoms with E-state index >= 15 is 0 Å². The summed E-state index contributed by atoms with van der Waals surface area (Å²) in [6.07, 6.45) is 1.81. The molecule has 88 valence electrons. The molecule has 0 radical (unpaired) electrons. The maximum absolute atomic E-state index is 5.30. The summed E-state index contributed by atoms with van der Waals surface area (Å²) >= 11 is 0. The third-order valence-corrected chi connectivity index (χ3v) is 2.56. The van der Waals surface area contributed by atoms with Crippen molar-refractivity contribution < 1.29 is 4.74 Å². The molecule has 1 aromatic heterocycles. The maximum Gasteiger partial charge on any atom is 0.165 e. The SMILES string of the molecule is CNc1nc(-c2ccccc2OC)ncc1C. The van der Waals surface area contributed by atoms with Crippen molar-refractivity contribution in [1.82, 2.24) is 9.97 Å². The number of hydrogen-bond donors (Lipinski definition) is 1. The lowest BCUT2D eigenvalue weighted by Gasteiger charge is -2.09. The van der Waals surface area contributed by atoms with Crippen LogP contribution in [0.3, 0.4) is 0 Å². The van der Waals surface area contributed by atoms with Gasteiger partial charge in [-0.1, -0.05) is 12.1 Å². The lowest BCUT2D eigenvalue weighted by molar-refractivity contribution is 0.416. The predicted octanol–water partition coefficient (Wildman–Crippen LogP) is 2.50. The van der Waals surface area contributed by atoms with Crippen molar-refractivity contribution >= 4 is 5.82 Å². The molecule has 1 aromatic carbocycles. The molecule has 0 unspecified atom stereocenters. The van der Waals surface area contributed by atoms with E-state index in [1.54, 1.807) is 13.3 Å². The van der Waals surface area contributed by atoms with Gasteiger partial charge in [0.05, 0.1) is 12.7 Å². The number of hydrogen-bond acceptors (Lipinski definition) is 4. The molecule has 0 fully saturated rings. The van der Waals surface area contributed by atoms with Crippen LogP contribution in [0.2, 0.25) is 0 Å². The lowest BCUT2D eigenvalue weighted by atomic mass is 10.2. The van der Waals surface area contributed by atoms with Gasteiger partial charge >= 0.3 is 0 Å². The third-order valence-electron chi connectivity index (χ3n) is 2.56. The van der Waals surface area contributed by atoms with Crippen molar-refractivity contribution in [2.75, 3.05) is 19.5 Å². The van der Waals surface area contributed by atoms with E-state index < -0.39 is 0 Å². The Balaban J connectivity index is 2.53. The fourth-order valence-corrected chi connectivity index (χ4v) is 1.65. The van der Waals surface area contributed by atoms with E-state index in [0.717, 1.165) is 22.7 Å². The fourth-order valence-electron chi connectivity index (χ4n) is 1.65. The van der Waals surface area contributed by atoms with Crippen LogP contribution in [0.15, 0.2) is 30.5 Å². The standard InChI is InChI=1S/C13H15N3O/c1-9-8-15-13(16-12(9)14-2)10-6-4-5-7-11(10)17-3/h4-8H,1-3H3,(H,14,15,16). The Morgan fingerprint density at radius 2 is 2.00 bits per heavy atom. The average Bonchev–Trinajstić information content (AvgIpc) is 2.39. The molecule has 0 saturated carbocycles. The van der Waals surface area contributed by atoms with E-state index in [1.165, 1.54) is 0 Å². The number of ether oxygens (including phenoxy) is 1. The van der Waals surface area contributed by atoms with Crippen LogP contribution in [0, 0.1) is 6.92 Å². The molecule has 1 N–H and O–H groups in total. The number of nitrogens with one attached hydrogen (secondary N) is 1. The highest BCUT2D eigenvalue weighted by Gasteiger charge is 2.09. The smallest absolute Gasteiger partial charge is 0.165 e. The molecule has 0 bridgehead atoms. The zero-order valence-corrected chi connectivity index (χ0v) is 10.2. The Morgan fingerprint density at radius 1 is 1.24 bits per heavy atom. The molecule has 0 amide bonds. The van der Waals surface area contributed by atoms with Crippen molar-refractivity contribution in [3.05, 3.63) is 36.0 Å². The topological polar surface area (TPSA) is 47.0 Å². The number of para-hydroxylation sites is 1. The summed E-state index contributed by atoms with van der Waals surface area (Å²) in [6.45, 7) is 1.97. The van der Waals surface area contributed by atoms with E-state index in [-0.39, 0.29) is 0 Å². The molecule has 1 heterocycles. The van der Waals surface area contributed by atoms with E-state index in [4.69, 9.17) is 4.74 Å². The molecule has 0 aliphatic heterocycles. The molecule has 2 aromatic rings. The van der Waals surface area contributed by atoms with Crippen molar-refractivity contribution in [2.45, 2.75) is 6.92 Å². The van der Waals surface area contributed by atoms with E-state index in [0.29, 0.717) is 5.82 Å². The largest absolute Gasteiger partial charge is 0.496 e. The summed E-state index contributed by atoms with van der Waals surface area (Å²) in [4.78, 5) is 8.80. The van der Waals surface area contributed by atoms with Crippen LogP contribution in [0.5, 0.6) is 5.75 Å². The first-order chi connectivity index (χ1) is 8.26. The van der Waals surface area contributed by atoms with Crippen LogP contribution in [-0.4, -0.2) is 24.1 Å². The summed E-state index contributed by atoms with van der Waals surface area (Å²) in [6, 6.07) is 7.72. The highest BCUT2D eigenvalue weighted by Crippen LogP contribution is 2.27. The van der Waals surface area contributed by atoms with Crippen molar-refractivity contribution in [1.29, 1.82) is 0 Å². The normalized spacial score (nSPS) is 10.1. The molecule has 4 heteroatoms. The van der Waals surface area contributed by atoms with E-state index in [9.17, 15) is 0 Å². The summed E-state index contributed by atoms with van der Waals surface area (Å²) in [5.74, 6) is 2.27. The summed E-state index contributed by atoms with van der Waals surface area (Å²) in [7, 11) is 3.49. The van der Waals surface area contributed by atoms with Crippen LogP contribution in [0.4, 0.5) is 5.82 Å². The monoisotopic (exact) mass is 229 g/mol. The minimum atomic E-state index is 0.664. The van der Waals surface area contributed by atoms with Crippen molar-refractivity contribution in [3.8, 4) is 17.1 Å². The Bertz CT molecular complexity index is 526. The average molecular weight is 229 g/mol. The lowest BCUT2D eigenvalue weighted by Crippen LogP contribution is -2.00. The van der Waals surface area contributed by atoms with Gasteiger partial charge < -0.3 is 10.1 Å². The highest BCUT2D eigenvalue weighted by molar-refractivity contribution is 5.65. The van der Waals surface area contributed by atoms with Crippen molar-refractivity contribution in [2.24, 2.45) is 0 Å². The zero-order chi connectivity index (χ0) is 12.3. The van der Waals surface area contributed by atoms with Gasteiger partial charge in [0.1, 0.15) is 11.6 Å². The number of methoxy groups -OCH3 is 1. The summed E-state index contributed by atoms with van der Waals surface area (Å²) < 4.78 is 5.30.